The van der Waals surface area contributed by atoms with Gasteiger partial charge in [-0.2, -0.15) is 0 Å². The average molecular weight is 488 g/mol. The van der Waals surface area contributed by atoms with Gasteiger partial charge in [0.2, 0.25) is 11.9 Å². The molecule has 7 heteroatoms. The molecule has 6 nitrogen and oxygen atoms in total. The van der Waals surface area contributed by atoms with E-state index in [1.54, 1.807) is 11.1 Å². The second kappa shape index (κ2) is 8.97. The van der Waals surface area contributed by atoms with Crippen LogP contribution in [0.5, 0.6) is 0 Å². The number of nitrogens with zero attached hydrogens (tertiary/aromatic N) is 3. The number of aryl methyl sites for hydroxylation is 1. The van der Waals surface area contributed by atoms with Crippen LogP contribution < -0.4 is 15.3 Å². The van der Waals surface area contributed by atoms with Crippen LogP contribution in [0, 0.1) is 18.8 Å². The quantitative estimate of drug-likeness (QED) is 0.517. The Bertz CT molecular complexity index is 1170. The Morgan fingerprint density at radius 2 is 1.69 bits per heavy atom. The van der Waals surface area contributed by atoms with Crippen molar-refractivity contribution in [1.29, 1.82) is 0 Å². The molecule has 0 radical (unpaired) electrons. The van der Waals surface area contributed by atoms with Crippen LogP contribution in [0.25, 0.3) is 0 Å². The van der Waals surface area contributed by atoms with E-state index in [0.29, 0.717) is 29.7 Å². The van der Waals surface area contributed by atoms with Gasteiger partial charge in [0, 0.05) is 29.9 Å². The third-order valence-corrected chi connectivity index (χ3v) is 12.4. The maximum Gasteiger partial charge on any atom is 0.261 e. The number of aromatic nitrogens is 2. The summed E-state index contributed by atoms with van der Waals surface area (Å²) in [7, 11) is -2.76. The highest BCUT2D eigenvalue weighted by Gasteiger charge is 2.53. The van der Waals surface area contributed by atoms with Crippen LogP contribution in [0.3, 0.4) is 0 Å². The van der Waals surface area contributed by atoms with Crippen molar-refractivity contribution in [2.75, 3.05) is 18.1 Å². The fourth-order valence-corrected chi connectivity index (χ4v) is 10.00. The molecule has 182 valence electrons. The first-order valence-electron chi connectivity index (χ1n) is 12.3. The summed E-state index contributed by atoms with van der Waals surface area (Å²) in [5.74, 6) is 1.17. The number of hydrogen-bond acceptors (Lipinski definition) is 5. The van der Waals surface area contributed by atoms with Gasteiger partial charge in [0.05, 0.1) is 6.61 Å². The van der Waals surface area contributed by atoms with Crippen LogP contribution in [-0.4, -0.2) is 42.5 Å². The van der Waals surface area contributed by atoms with Crippen LogP contribution in [0.4, 0.5) is 5.95 Å². The monoisotopic (exact) mass is 487 g/mol. The second-order valence-electron chi connectivity index (χ2n) is 10.8. The van der Waals surface area contributed by atoms with Crippen LogP contribution in [0.15, 0.2) is 66.9 Å². The summed E-state index contributed by atoms with van der Waals surface area (Å²) < 4.78 is 6.87. The lowest BCUT2D eigenvalue weighted by Crippen LogP contribution is -2.66. The minimum atomic E-state index is -2.76. The van der Waals surface area contributed by atoms with E-state index in [1.165, 1.54) is 10.4 Å². The third kappa shape index (κ3) is 4.22. The van der Waals surface area contributed by atoms with Crippen molar-refractivity contribution >= 4 is 30.5 Å². The maximum absolute atomic E-state index is 12.4. The highest BCUT2D eigenvalue weighted by Crippen LogP contribution is 2.46. The number of aliphatic hydroxyl groups is 1. The highest BCUT2D eigenvalue weighted by atomic mass is 28.4. The van der Waals surface area contributed by atoms with Crippen molar-refractivity contribution in [3.63, 3.8) is 0 Å². The minimum absolute atomic E-state index is 0.123. The molecule has 1 aromatic heterocycles. The Labute approximate surface area is 208 Å². The standard InChI is InChI=1S/C28H33N3O3Si/c1-19-24(16-29-27(30-19)31-17-20-15-23(20)26(31)33)25(32)18-34-35(28(2,3)4,21-11-7-5-8-12-21)22-13-9-6-10-14-22/h5-14,16,20,23,25,32H,15,17-18H2,1-4H3. The smallest absolute Gasteiger partial charge is 0.261 e. The first-order valence-corrected chi connectivity index (χ1v) is 14.2. The molecule has 0 spiro atoms. The molecule has 1 saturated heterocycles. The molecule has 3 unspecified atom stereocenters. The highest BCUT2D eigenvalue weighted by molar-refractivity contribution is 6.99. The molecule has 35 heavy (non-hydrogen) atoms. The zero-order valence-corrected chi connectivity index (χ0v) is 21.8. The third-order valence-electron chi connectivity index (χ3n) is 7.40. The number of benzene rings is 2. The number of fused-ring (bicyclic) bond motifs is 1. The maximum atomic E-state index is 12.4. The van der Waals surface area contributed by atoms with Gasteiger partial charge in [0.15, 0.2) is 0 Å². The van der Waals surface area contributed by atoms with E-state index < -0.39 is 14.4 Å². The van der Waals surface area contributed by atoms with Gasteiger partial charge in [0.1, 0.15) is 6.10 Å². The number of piperidine rings is 1. The Morgan fingerprint density at radius 3 is 2.17 bits per heavy atom. The molecule has 5 rings (SSSR count). The Hall–Kier alpha value is -2.87. The number of amides is 1. The fraction of sp³-hybridized carbons (Fsp3) is 0.393. The number of anilines is 1. The predicted molar refractivity (Wildman–Crippen MR) is 139 cm³/mol. The fourth-order valence-electron chi connectivity index (χ4n) is 5.43. The van der Waals surface area contributed by atoms with Crippen LogP contribution >= 0.6 is 0 Å². The van der Waals surface area contributed by atoms with E-state index in [0.717, 1.165) is 6.42 Å². The summed E-state index contributed by atoms with van der Waals surface area (Å²) in [6.07, 6.45) is 1.76. The number of aliphatic hydroxyl groups excluding tert-OH is 1. The molecule has 2 fully saturated rings. The molecule has 1 N–H and O–H groups in total. The Morgan fingerprint density at radius 1 is 1.09 bits per heavy atom. The zero-order valence-electron chi connectivity index (χ0n) is 20.8. The average Bonchev–Trinajstić information content (AvgIpc) is 3.55. The molecule has 1 amide bonds. The SMILES string of the molecule is Cc1nc(N2CC3CC3C2=O)ncc1C(O)CO[Si](c1ccccc1)(c1ccccc1)C(C)(C)C. The van der Waals surface area contributed by atoms with Crippen LogP contribution in [0.2, 0.25) is 5.04 Å². The molecular weight excluding hydrogens is 454 g/mol. The van der Waals surface area contributed by atoms with E-state index in [4.69, 9.17) is 4.43 Å². The summed E-state index contributed by atoms with van der Waals surface area (Å²) in [6.45, 7) is 9.32. The van der Waals surface area contributed by atoms with Gasteiger partial charge in [-0.1, -0.05) is 81.4 Å². The van der Waals surface area contributed by atoms with Crippen LogP contribution in [0.1, 0.15) is 44.6 Å². The lowest BCUT2D eigenvalue weighted by atomic mass is 10.1. The summed E-state index contributed by atoms with van der Waals surface area (Å²) >= 11 is 0. The first kappa shape index (κ1) is 23.8. The molecular formula is C28H33N3O3Si. The molecule has 1 aliphatic heterocycles. The van der Waals surface area contributed by atoms with E-state index >= 15 is 0 Å². The normalized spacial score (nSPS) is 20.6. The molecule has 1 aliphatic carbocycles. The molecule has 1 saturated carbocycles. The molecule has 2 heterocycles. The molecule has 2 aliphatic rings. The van der Waals surface area contributed by atoms with Crippen molar-refractivity contribution in [3.05, 3.63) is 78.1 Å². The number of carbonyl (C=O) groups is 1. The van der Waals surface area contributed by atoms with Crippen molar-refractivity contribution < 1.29 is 14.3 Å². The van der Waals surface area contributed by atoms with Gasteiger partial charge in [-0.15, -0.1) is 0 Å². The van der Waals surface area contributed by atoms with Crippen molar-refractivity contribution in [3.8, 4) is 0 Å². The Balaban J connectivity index is 1.43. The Kier molecular flexibility index (Phi) is 6.11. The second-order valence-corrected chi connectivity index (χ2v) is 15.1. The largest absolute Gasteiger partial charge is 0.404 e. The van der Waals surface area contributed by atoms with Gasteiger partial charge in [-0.25, -0.2) is 9.97 Å². The molecule has 3 atom stereocenters. The minimum Gasteiger partial charge on any atom is -0.404 e. The lowest BCUT2D eigenvalue weighted by Gasteiger charge is -2.43. The van der Waals surface area contributed by atoms with E-state index in [-0.39, 0.29) is 23.5 Å². The van der Waals surface area contributed by atoms with Gasteiger partial charge < -0.3 is 9.53 Å². The van der Waals surface area contributed by atoms with Gasteiger partial charge in [-0.3, -0.25) is 9.69 Å². The summed E-state index contributed by atoms with van der Waals surface area (Å²) in [6, 6.07) is 20.8. The number of hydrogen-bond donors (Lipinski definition) is 1. The topological polar surface area (TPSA) is 75.6 Å². The summed E-state index contributed by atoms with van der Waals surface area (Å²) in [5, 5.41) is 13.4. The van der Waals surface area contributed by atoms with E-state index in [2.05, 4.69) is 55.0 Å². The molecule has 0 bridgehead atoms. The summed E-state index contributed by atoms with van der Waals surface area (Å²) in [5.41, 5.74) is 1.30. The molecule has 3 aromatic rings. The van der Waals surface area contributed by atoms with Crippen LogP contribution in [-0.2, 0) is 9.22 Å². The lowest BCUT2D eigenvalue weighted by molar-refractivity contribution is -0.118. The molecule has 2 aromatic carbocycles. The van der Waals surface area contributed by atoms with Gasteiger partial charge in [-0.05, 0) is 34.7 Å². The zero-order chi connectivity index (χ0) is 24.8. The van der Waals surface area contributed by atoms with E-state index in [1.807, 2.05) is 43.3 Å². The number of carbonyl (C=O) groups excluding carboxylic acids is 1. The predicted octanol–water partition coefficient (Wildman–Crippen LogP) is 3.38. The van der Waals surface area contributed by atoms with Crippen molar-refractivity contribution in [2.24, 2.45) is 11.8 Å². The van der Waals surface area contributed by atoms with Crippen molar-refractivity contribution in [1.82, 2.24) is 9.97 Å². The van der Waals surface area contributed by atoms with Gasteiger partial charge >= 0.3 is 0 Å². The van der Waals surface area contributed by atoms with Gasteiger partial charge in [0.25, 0.3) is 8.32 Å². The first-order chi connectivity index (χ1) is 16.7. The van der Waals surface area contributed by atoms with Crippen molar-refractivity contribution in [2.45, 2.75) is 45.3 Å². The number of rotatable bonds is 7. The summed E-state index contributed by atoms with van der Waals surface area (Å²) in [4.78, 5) is 23.1. The van der Waals surface area contributed by atoms with E-state index in [9.17, 15) is 9.90 Å².